The molecule has 0 amide bonds. The Bertz CT molecular complexity index is 661. The normalized spacial score (nSPS) is 10.7. The standard InChI is InChI=1S/C15H12FNO/c16-15-9-12-8-13(6-7-14(12)17-15)18-10-11-4-2-1-3-5-11/h1-9,17H,10H2. The van der Waals surface area contributed by atoms with Gasteiger partial charge in [0, 0.05) is 17.0 Å². The molecule has 0 aliphatic heterocycles. The summed E-state index contributed by atoms with van der Waals surface area (Å²) in [7, 11) is 0. The third kappa shape index (κ3) is 2.20. The van der Waals surface area contributed by atoms with Gasteiger partial charge in [-0.25, -0.2) is 0 Å². The smallest absolute Gasteiger partial charge is 0.192 e. The molecule has 2 aromatic carbocycles. The van der Waals surface area contributed by atoms with Crippen LogP contribution in [0.5, 0.6) is 5.75 Å². The highest BCUT2D eigenvalue weighted by Gasteiger charge is 2.02. The van der Waals surface area contributed by atoms with Gasteiger partial charge >= 0.3 is 0 Å². The second-order valence-electron chi connectivity index (χ2n) is 4.14. The molecule has 0 saturated carbocycles. The third-order valence-electron chi connectivity index (χ3n) is 2.81. The molecule has 0 fully saturated rings. The number of ether oxygens (including phenoxy) is 1. The van der Waals surface area contributed by atoms with E-state index in [1.54, 1.807) is 0 Å². The lowest BCUT2D eigenvalue weighted by atomic mass is 10.2. The Balaban J connectivity index is 1.78. The number of aromatic nitrogens is 1. The van der Waals surface area contributed by atoms with Crippen molar-refractivity contribution in [2.75, 3.05) is 0 Å². The van der Waals surface area contributed by atoms with Crippen LogP contribution < -0.4 is 4.74 Å². The molecule has 2 nitrogen and oxygen atoms in total. The topological polar surface area (TPSA) is 25.0 Å². The zero-order valence-corrected chi connectivity index (χ0v) is 9.69. The van der Waals surface area contributed by atoms with E-state index in [1.807, 2.05) is 48.5 Å². The molecule has 3 heteroatoms. The number of fused-ring (bicyclic) bond motifs is 1. The fourth-order valence-corrected chi connectivity index (χ4v) is 1.91. The molecule has 0 bridgehead atoms. The number of nitrogens with one attached hydrogen (secondary N) is 1. The number of benzene rings is 2. The summed E-state index contributed by atoms with van der Waals surface area (Å²) < 4.78 is 18.7. The maximum absolute atomic E-state index is 13.0. The zero-order chi connectivity index (χ0) is 12.4. The van der Waals surface area contributed by atoms with Crippen molar-refractivity contribution in [3.05, 3.63) is 66.1 Å². The van der Waals surface area contributed by atoms with Gasteiger partial charge in [0.25, 0.3) is 0 Å². The first kappa shape index (κ1) is 10.8. The van der Waals surface area contributed by atoms with Gasteiger partial charge in [-0.3, -0.25) is 0 Å². The van der Waals surface area contributed by atoms with Gasteiger partial charge in [-0.05, 0) is 23.8 Å². The van der Waals surface area contributed by atoms with Crippen molar-refractivity contribution >= 4 is 10.9 Å². The van der Waals surface area contributed by atoms with Crippen LogP contribution in [0.25, 0.3) is 10.9 Å². The van der Waals surface area contributed by atoms with Crippen LogP contribution in [-0.4, -0.2) is 4.98 Å². The summed E-state index contributed by atoms with van der Waals surface area (Å²) >= 11 is 0. The predicted molar refractivity (Wildman–Crippen MR) is 69.0 cm³/mol. The van der Waals surface area contributed by atoms with E-state index in [4.69, 9.17) is 4.74 Å². The molecule has 1 aromatic heterocycles. The zero-order valence-electron chi connectivity index (χ0n) is 9.69. The summed E-state index contributed by atoms with van der Waals surface area (Å²) in [5.74, 6) is 0.413. The Kier molecular flexibility index (Phi) is 2.73. The Morgan fingerprint density at radius 2 is 1.83 bits per heavy atom. The van der Waals surface area contributed by atoms with Gasteiger partial charge in [-0.1, -0.05) is 30.3 Å². The fraction of sp³-hybridized carbons (Fsp3) is 0.0667. The molecular weight excluding hydrogens is 229 g/mol. The third-order valence-corrected chi connectivity index (χ3v) is 2.81. The Morgan fingerprint density at radius 1 is 1.00 bits per heavy atom. The van der Waals surface area contributed by atoms with E-state index < -0.39 is 0 Å². The van der Waals surface area contributed by atoms with Crippen molar-refractivity contribution in [3.63, 3.8) is 0 Å². The van der Waals surface area contributed by atoms with Crippen LogP contribution in [0, 0.1) is 5.95 Å². The number of hydrogen-bond donors (Lipinski definition) is 1. The molecule has 3 aromatic rings. The SMILES string of the molecule is Fc1cc2cc(OCc3ccccc3)ccc2[nH]1. The summed E-state index contributed by atoms with van der Waals surface area (Å²) in [5, 5.41) is 0.818. The second kappa shape index (κ2) is 4.53. The maximum Gasteiger partial charge on any atom is 0.192 e. The van der Waals surface area contributed by atoms with Gasteiger partial charge in [0.1, 0.15) is 12.4 Å². The maximum atomic E-state index is 13.0. The Hall–Kier alpha value is -2.29. The highest BCUT2D eigenvalue weighted by atomic mass is 19.1. The van der Waals surface area contributed by atoms with Gasteiger partial charge in [-0.2, -0.15) is 4.39 Å². The molecule has 1 N–H and O–H groups in total. The number of hydrogen-bond acceptors (Lipinski definition) is 1. The Labute approximate surface area is 104 Å². The van der Waals surface area contributed by atoms with E-state index in [1.165, 1.54) is 6.07 Å². The van der Waals surface area contributed by atoms with Crippen molar-refractivity contribution in [1.29, 1.82) is 0 Å². The summed E-state index contributed by atoms with van der Waals surface area (Å²) in [6.45, 7) is 0.513. The van der Waals surface area contributed by atoms with Crippen molar-refractivity contribution < 1.29 is 9.13 Å². The van der Waals surface area contributed by atoms with Gasteiger partial charge in [0.05, 0.1) is 0 Å². The monoisotopic (exact) mass is 241 g/mol. The van der Waals surface area contributed by atoms with Crippen LogP contribution in [-0.2, 0) is 6.61 Å². The largest absolute Gasteiger partial charge is 0.489 e. The first-order chi connectivity index (χ1) is 8.81. The summed E-state index contributed by atoms with van der Waals surface area (Å²) in [4.78, 5) is 2.64. The lowest BCUT2D eigenvalue weighted by Gasteiger charge is -2.06. The highest BCUT2D eigenvalue weighted by molar-refractivity contribution is 5.80. The van der Waals surface area contributed by atoms with Crippen molar-refractivity contribution in [1.82, 2.24) is 4.98 Å². The molecule has 1 heterocycles. The minimum absolute atomic E-state index is 0.329. The highest BCUT2D eigenvalue weighted by Crippen LogP contribution is 2.21. The van der Waals surface area contributed by atoms with Crippen LogP contribution in [0.15, 0.2) is 54.6 Å². The van der Waals surface area contributed by atoms with Crippen LogP contribution in [0.2, 0.25) is 0 Å². The van der Waals surface area contributed by atoms with Crippen LogP contribution in [0.3, 0.4) is 0 Å². The van der Waals surface area contributed by atoms with Gasteiger partial charge in [0.15, 0.2) is 5.95 Å². The molecule has 3 rings (SSSR count). The van der Waals surface area contributed by atoms with Crippen LogP contribution >= 0.6 is 0 Å². The van der Waals surface area contributed by atoms with Crippen molar-refractivity contribution in [2.45, 2.75) is 6.61 Å². The lowest BCUT2D eigenvalue weighted by Crippen LogP contribution is -1.94. The van der Waals surface area contributed by atoms with Crippen LogP contribution in [0.4, 0.5) is 4.39 Å². The minimum Gasteiger partial charge on any atom is -0.489 e. The molecular formula is C15H12FNO. The molecule has 0 aliphatic rings. The summed E-state index contributed by atoms with van der Waals surface area (Å²) in [6.07, 6.45) is 0. The molecule has 0 unspecified atom stereocenters. The molecule has 18 heavy (non-hydrogen) atoms. The lowest BCUT2D eigenvalue weighted by molar-refractivity contribution is 0.306. The Morgan fingerprint density at radius 3 is 2.67 bits per heavy atom. The van der Waals surface area contributed by atoms with E-state index in [-0.39, 0.29) is 5.95 Å². The molecule has 0 saturated heterocycles. The van der Waals surface area contributed by atoms with Gasteiger partial charge < -0.3 is 9.72 Å². The van der Waals surface area contributed by atoms with Crippen molar-refractivity contribution in [2.24, 2.45) is 0 Å². The average Bonchev–Trinajstić information content (AvgIpc) is 2.77. The van der Waals surface area contributed by atoms with E-state index in [0.717, 1.165) is 22.2 Å². The van der Waals surface area contributed by atoms with E-state index in [2.05, 4.69) is 4.98 Å². The van der Waals surface area contributed by atoms with E-state index >= 15 is 0 Å². The number of H-pyrrole nitrogens is 1. The molecule has 0 radical (unpaired) electrons. The average molecular weight is 241 g/mol. The molecule has 0 aliphatic carbocycles. The predicted octanol–water partition coefficient (Wildman–Crippen LogP) is 3.89. The quantitative estimate of drug-likeness (QED) is 0.739. The number of aromatic amines is 1. The molecule has 0 spiro atoms. The summed E-state index contributed by atoms with van der Waals surface area (Å²) in [6, 6.07) is 16.9. The van der Waals surface area contributed by atoms with E-state index in [9.17, 15) is 4.39 Å². The minimum atomic E-state index is -0.329. The number of halogens is 1. The van der Waals surface area contributed by atoms with Crippen molar-refractivity contribution in [3.8, 4) is 5.75 Å². The van der Waals surface area contributed by atoms with Crippen LogP contribution in [0.1, 0.15) is 5.56 Å². The summed E-state index contributed by atoms with van der Waals surface area (Å²) in [5.41, 5.74) is 1.89. The van der Waals surface area contributed by atoms with Gasteiger partial charge in [0.2, 0.25) is 0 Å². The first-order valence-corrected chi connectivity index (χ1v) is 5.76. The first-order valence-electron chi connectivity index (χ1n) is 5.76. The van der Waals surface area contributed by atoms with Gasteiger partial charge in [-0.15, -0.1) is 0 Å². The molecule has 0 atom stereocenters. The van der Waals surface area contributed by atoms with E-state index in [0.29, 0.717) is 6.61 Å². The number of rotatable bonds is 3. The molecule has 90 valence electrons. The second-order valence-corrected chi connectivity index (χ2v) is 4.14. The fourth-order valence-electron chi connectivity index (χ4n) is 1.91.